The van der Waals surface area contributed by atoms with Crippen molar-refractivity contribution in [2.45, 2.75) is 51.0 Å². The van der Waals surface area contributed by atoms with E-state index in [0.717, 1.165) is 35.6 Å². The highest BCUT2D eigenvalue weighted by atomic mass is 32.2. The molecule has 2 rings (SSSR count). The van der Waals surface area contributed by atoms with E-state index in [1.807, 2.05) is 20.8 Å². The fraction of sp³-hybridized carbons (Fsp3) is 0.714. The van der Waals surface area contributed by atoms with Crippen LogP contribution in [0.25, 0.3) is 0 Å². The maximum Gasteiger partial charge on any atom is 0.244 e. The van der Waals surface area contributed by atoms with Crippen molar-refractivity contribution in [3.05, 3.63) is 15.8 Å². The smallest absolute Gasteiger partial charge is 0.244 e. The lowest BCUT2D eigenvalue weighted by Crippen LogP contribution is -2.41. The van der Waals surface area contributed by atoms with Gasteiger partial charge in [0, 0.05) is 28.9 Å². The van der Waals surface area contributed by atoms with Crippen molar-refractivity contribution in [1.82, 2.24) is 9.62 Å². The van der Waals surface area contributed by atoms with Gasteiger partial charge in [0.15, 0.2) is 0 Å². The molecule has 0 spiro atoms. The lowest BCUT2D eigenvalue weighted by molar-refractivity contribution is 0.369. The molecule has 0 amide bonds. The predicted octanol–water partition coefficient (Wildman–Crippen LogP) is 2.52. The first-order valence-electron chi connectivity index (χ1n) is 7.25. The van der Waals surface area contributed by atoms with Gasteiger partial charge in [0.25, 0.3) is 0 Å². The van der Waals surface area contributed by atoms with E-state index in [4.69, 9.17) is 0 Å². The molecule has 0 bridgehead atoms. The highest BCUT2D eigenvalue weighted by Crippen LogP contribution is 2.28. The molecule has 1 saturated heterocycles. The molecule has 1 aromatic heterocycles. The van der Waals surface area contributed by atoms with E-state index < -0.39 is 10.0 Å². The van der Waals surface area contributed by atoms with Gasteiger partial charge < -0.3 is 5.32 Å². The van der Waals surface area contributed by atoms with Crippen LogP contribution in [-0.2, 0) is 10.0 Å². The summed E-state index contributed by atoms with van der Waals surface area (Å²) in [6.07, 6.45) is 3.05. The molecule has 0 saturated carbocycles. The van der Waals surface area contributed by atoms with Crippen LogP contribution in [0.5, 0.6) is 0 Å². The van der Waals surface area contributed by atoms with Crippen molar-refractivity contribution in [2.75, 3.05) is 19.6 Å². The molecule has 1 N–H and O–H groups in total. The maximum atomic E-state index is 12.8. The third-order valence-electron chi connectivity index (χ3n) is 3.67. The molecule has 0 aliphatic carbocycles. The summed E-state index contributed by atoms with van der Waals surface area (Å²) in [6, 6.07) is 2.11. The van der Waals surface area contributed by atoms with E-state index in [-0.39, 0.29) is 0 Å². The van der Waals surface area contributed by atoms with Crippen LogP contribution >= 0.6 is 11.3 Å². The zero-order valence-corrected chi connectivity index (χ0v) is 14.1. The van der Waals surface area contributed by atoms with Gasteiger partial charge in [-0.1, -0.05) is 6.92 Å². The first-order valence-corrected chi connectivity index (χ1v) is 9.51. The van der Waals surface area contributed by atoms with Gasteiger partial charge in [-0.3, -0.25) is 0 Å². The molecule has 1 unspecified atom stereocenters. The predicted molar refractivity (Wildman–Crippen MR) is 83.9 cm³/mol. The van der Waals surface area contributed by atoms with Crippen LogP contribution in [0, 0.1) is 13.8 Å². The SMILES string of the molecule is CCCN(CC1CCCN1)S(=O)(=O)c1cc(C)sc1C. The summed E-state index contributed by atoms with van der Waals surface area (Å²) in [5, 5.41) is 3.39. The molecular formula is C14H24N2O2S2. The number of hydrogen-bond acceptors (Lipinski definition) is 4. The van der Waals surface area contributed by atoms with Gasteiger partial charge >= 0.3 is 0 Å². The molecule has 114 valence electrons. The van der Waals surface area contributed by atoms with Crippen LogP contribution < -0.4 is 5.32 Å². The second-order valence-corrected chi connectivity index (χ2v) is 8.80. The third-order valence-corrected chi connectivity index (χ3v) is 6.76. The van der Waals surface area contributed by atoms with Crippen LogP contribution in [0.15, 0.2) is 11.0 Å². The first kappa shape index (κ1) is 15.9. The zero-order chi connectivity index (χ0) is 14.8. The number of nitrogens with zero attached hydrogens (tertiary/aromatic N) is 1. The van der Waals surface area contributed by atoms with Crippen LogP contribution in [0.3, 0.4) is 0 Å². The Morgan fingerprint density at radius 2 is 2.20 bits per heavy atom. The Hall–Kier alpha value is -0.430. The van der Waals surface area contributed by atoms with E-state index >= 15 is 0 Å². The zero-order valence-electron chi connectivity index (χ0n) is 12.5. The average molecular weight is 316 g/mol. The lowest BCUT2D eigenvalue weighted by Gasteiger charge is -2.24. The maximum absolute atomic E-state index is 12.8. The fourth-order valence-electron chi connectivity index (χ4n) is 2.72. The van der Waals surface area contributed by atoms with Gasteiger partial charge in [-0.15, -0.1) is 11.3 Å². The van der Waals surface area contributed by atoms with Crippen molar-refractivity contribution in [3.8, 4) is 0 Å². The minimum absolute atomic E-state index is 0.302. The quantitative estimate of drug-likeness (QED) is 0.877. The summed E-state index contributed by atoms with van der Waals surface area (Å²) in [4.78, 5) is 2.44. The number of thiophene rings is 1. The number of nitrogens with one attached hydrogen (secondary N) is 1. The molecule has 1 fully saturated rings. The van der Waals surface area contributed by atoms with Gasteiger partial charge in [0.1, 0.15) is 0 Å². The summed E-state index contributed by atoms with van der Waals surface area (Å²) in [6.45, 7) is 8.05. The monoisotopic (exact) mass is 316 g/mol. The Balaban J connectivity index is 2.24. The summed E-state index contributed by atoms with van der Waals surface area (Å²) < 4.78 is 27.4. The number of hydrogen-bond donors (Lipinski definition) is 1. The summed E-state index contributed by atoms with van der Waals surface area (Å²) in [7, 11) is -3.36. The Kier molecular flexibility index (Phi) is 5.23. The second kappa shape index (κ2) is 6.56. The minimum atomic E-state index is -3.36. The number of aryl methyl sites for hydroxylation is 2. The van der Waals surface area contributed by atoms with Crippen LogP contribution in [0.2, 0.25) is 0 Å². The molecule has 1 aromatic rings. The van der Waals surface area contributed by atoms with E-state index in [0.29, 0.717) is 24.0 Å². The topological polar surface area (TPSA) is 49.4 Å². The normalized spacial score (nSPS) is 19.9. The van der Waals surface area contributed by atoms with E-state index in [1.165, 1.54) is 0 Å². The molecule has 2 heterocycles. The third kappa shape index (κ3) is 3.42. The van der Waals surface area contributed by atoms with Gasteiger partial charge in [-0.25, -0.2) is 8.42 Å². The van der Waals surface area contributed by atoms with Crippen molar-refractivity contribution >= 4 is 21.4 Å². The van der Waals surface area contributed by atoms with Gasteiger partial charge in [-0.05, 0) is 45.7 Å². The average Bonchev–Trinajstić information content (AvgIpc) is 2.98. The van der Waals surface area contributed by atoms with Crippen molar-refractivity contribution < 1.29 is 8.42 Å². The molecule has 1 atom stereocenters. The Bertz CT molecular complexity index is 546. The van der Waals surface area contributed by atoms with Crippen LogP contribution in [0.4, 0.5) is 0 Å². The van der Waals surface area contributed by atoms with E-state index in [2.05, 4.69) is 5.32 Å². The lowest BCUT2D eigenvalue weighted by atomic mass is 10.2. The summed E-state index contributed by atoms with van der Waals surface area (Å²) in [5.41, 5.74) is 0. The number of rotatable bonds is 6. The van der Waals surface area contributed by atoms with Gasteiger partial charge in [-0.2, -0.15) is 4.31 Å². The molecule has 20 heavy (non-hydrogen) atoms. The second-order valence-electron chi connectivity index (χ2n) is 5.43. The summed E-state index contributed by atoms with van der Waals surface area (Å²) >= 11 is 1.55. The molecule has 6 heteroatoms. The van der Waals surface area contributed by atoms with E-state index in [1.54, 1.807) is 21.7 Å². The van der Waals surface area contributed by atoms with Crippen LogP contribution in [-0.4, -0.2) is 38.4 Å². The molecule has 1 aliphatic rings. The molecule has 1 aliphatic heterocycles. The Labute approximate surface area is 126 Å². The standard InChI is InChI=1S/C14H24N2O2S2/c1-4-8-16(10-13-6-5-7-15-13)20(17,18)14-9-11(2)19-12(14)3/h9,13,15H,4-8,10H2,1-3H3. The minimum Gasteiger partial charge on any atom is -0.313 e. The van der Waals surface area contributed by atoms with Crippen LogP contribution in [0.1, 0.15) is 35.9 Å². The summed E-state index contributed by atoms with van der Waals surface area (Å²) in [5.74, 6) is 0. The van der Waals surface area contributed by atoms with Crippen molar-refractivity contribution in [1.29, 1.82) is 0 Å². The molecule has 0 aromatic carbocycles. The number of sulfonamides is 1. The van der Waals surface area contributed by atoms with E-state index in [9.17, 15) is 8.42 Å². The highest BCUT2D eigenvalue weighted by molar-refractivity contribution is 7.89. The van der Waals surface area contributed by atoms with Crippen molar-refractivity contribution in [3.63, 3.8) is 0 Å². The largest absolute Gasteiger partial charge is 0.313 e. The fourth-order valence-corrected chi connectivity index (χ4v) is 5.82. The van der Waals surface area contributed by atoms with Crippen molar-refractivity contribution in [2.24, 2.45) is 0 Å². The first-order chi connectivity index (χ1) is 9.45. The highest BCUT2D eigenvalue weighted by Gasteiger charge is 2.29. The van der Waals surface area contributed by atoms with Gasteiger partial charge in [0.2, 0.25) is 10.0 Å². The Morgan fingerprint density at radius 3 is 2.70 bits per heavy atom. The molecule has 0 radical (unpaired) electrons. The molecule has 4 nitrogen and oxygen atoms in total. The van der Waals surface area contributed by atoms with Gasteiger partial charge in [0.05, 0.1) is 4.90 Å². The molecular weight excluding hydrogens is 292 g/mol. The Morgan fingerprint density at radius 1 is 1.45 bits per heavy atom.